The minimum atomic E-state index is -0.585. The highest BCUT2D eigenvalue weighted by molar-refractivity contribution is 9.09. The highest BCUT2D eigenvalue weighted by Gasteiger charge is 2.15. The molecule has 216 valence electrons. The normalized spacial score (nSPS) is 10.5. The van der Waals surface area contributed by atoms with Crippen LogP contribution in [0, 0.1) is 6.92 Å². The standard InChI is InChI=1S/C32H33BrO8/c1-3-4-8-29(34)38-25-14-10-23(11-15-25)31(36)40-27-18-19-28(22(2)21-27)41-32(37)24-12-16-26(17-13-24)39-30(35)9-6-5-7-20-33/h10-19,21H,3-9,20H2,1-2H3. The van der Waals surface area contributed by atoms with Crippen LogP contribution in [0.5, 0.6) is 23.0 Å². The molecule has 0 spiro atoms. The van der Waals surface area contributed by atoms with E-state index in [4.69, 9.17) is 18.9 Å². The van der Waals surface area contributed by atoms with Gasteiger partial charge in [-0.15, -0.1) is 0 Å². The Bertz CT molecular complexity index is 1330. The fourth-order valence-electron chi connectivity index (χ4n) is 3.67. The van der Waals surface area contributed by atoms with Gasteiger partial charge in [0.2, 0.25) is 0 Å². The van der Waals surface area contributed by atoms with E-state index in [1.54, 1.807) is 31.2 Å². The number of alkyl halides is 1. The summed E-state index contributed by atoms with van der Waals surface area (Å²) in [5.74, 6) is -0.494. The molecule has 0 saturated heterocycles. The van der Waals surface area contributed by atoms with Crippen molar-refractivity contribution in [3.63, 3.8) is 0 Å². The fourth-order valence-corrected chi connectivity index (χ4v) is 4.07. The highest BCUT2D eigenvalue weighted by Crippen LogP contribution is 2.26. The summed E-state index contributed by atoms with van der Waals surface area (Å²) in [5.41, 5.74) is 1.16. The molecule has 3 aromatic carbocycles. The second-order valence-corrected chi connectivity index (χ2v) is 10.1. The number of ether oxygens (including phenoxy) is 4. The van der Waals surface area contributed by atoms with Gasteiger partial charge in [-0.2, -0.15) is 0 Å². The zero-order chi connectivity index (χ0) is 29.6. The molecule has 0 fully saturated rings. The molecule has 8 nitrogen and oxygen atoms in total. The first-order chi connectivity index (χ1) is 19.8. The fraction of sp³-hybridized carbons (Fsp3) is 0.312. The van der Waals surface area contributed by atoms with Crippen LogP contribution >= 0.6 is 15.9 Å². The molecule has 0 aliphatic heterocycles. The number of hydrogen-bond acceptors (Lipinski definition) is 8. The predicted molar refractivity (Wildman–Crippen MR) is 157 cm³/mol. The van der Waals surface area contributed by atoms with Gasteiger partial charge in [-0.3, -0.25) is 9.59 Å². The maximum absolute atomic E-state index is 12.6. The van der Waals surface area contributed by atoms with Gasteiger partial charge in [-0.1, -0.05) is 35.7 Å². The van der Waals surface area contributed by atoms with Crippen LogP contribution in [0.2, 0.25) is 0 Å². The Morgan fingerprint density at radius 3 is 1.63 bits per heavy atom. The van der Waals surface area contributed by atoms with Gasteiger partial charge in [-0.05, 0) is 98.5 Å². The number of carbonyl (C=O) groups excluding carboxylic acids is 4. The Labute approximate surface area is 248 Å². The van der Waals surface area contributed by atoms with E-state index in [1.165, 1.54) is 42.5 Å². The van der Waals surface area contributed by atoms with Crippen molar-refractivity contribution >= 4 is 39.8 Å². The van der Waals surface area contributed by atoms with Crippen LogP contribution < -0.4 is 18.9 Å². The molecule has 0 aromatic heterocycles. The van der Waals surface area contributed by atoms with E-state index in [1.807, 2.05) is 6.92 Å². The number of aryl methyl sites for hydroxylation is 1. The largest absolute Gasteiger partial charge is 0.427 e. The van der Waals surface area contributed by atoms with E-state index in [0.29, 0.717) is 35.7 Å². The van der Waals surface area contributed by atoms with E-state index in [-0.39, 0.29) is 28.8 Å². The molecule has 0 amide bonds. The number of esters is 4. The van der Waals surface area contributed by atoms with Crippen LogP contribution in [0.25, 0.3) is 0 Å². The zero-order valence-electron chi connectivity index (χ0n) is 23.2. The number of hydrogen-bond donors (Lipinski definition) is 0. The minimum absolute atomic E-state index is 0.278. The van der Waals surface area contributed by atoms with E-state index < -0.39 is 11.9 Å². The van der Waals surface area contributed by atoms with E-state index in [2.05, 4.69) is 15.9 Å². The molecule has 41 heavy (non-hydrogen) atoms. The average Bonchev–Trinajstić information content (AvgIpc) is 2.96. The Balaban J connectivity index is 1.52. The molecule has 0 bridgehead atoms. The summed E-state index contributed by atoms with van der Waals surface area (Å²) < 4.78 is 21.5. The number of carbonyl (C=O) groups is 4. The van der Waals surface area contributed by atoms with Crippen LogP contribution in [0.15, 0.2) is 66.7 Å². The first-order valence-corrected chi connectivity index (χ1v) is 14.6. The molecule has 0 saturated carbocycles. The van der Waals surface area contributed by atoms with Gasteiger partial charge in [0.1, 0.15) is 23.0 Å². The molecule has 0 atom stereocenters. The first kappa shape index (κ1) is 31.5. The summed E-state index contributed by atoms with van der Waals surface area (Å²) in [6, 6.07) is 16.9. The van der Waals surface area contributed by atoms with Crippen LogP contribution in [0.4, 0.5) is 0 Å². The third-order valence-corrected chi connectivity index (χ3v) is 6.51. The summed E-state index contributed by atoms with van der Waals surface area (Å²) in [4.78, 5) is 48.9. The Morgan fingerprint density at radius 2 is 1.12 bits per heavy atom. The van der Waals surface area contributed by atoms with Gasteiger partial charge in [0.25, 0.3) is 0 Å². The van der Waals surface area contributed by atoms with Crippen molar-refractivity contribution in [3.8, 4) is 23.0 Å². The Hall–Kier alpha value is -3.98. The third kappa shape index (κ3) is 10.5. The molecule has 0 radical (unpaired) electrons. The maximum Gasteiger partial charge on any atom is 0.343 e. The summed E-state index contributed by atoms with van der Waals surface area (Å²) in [5, 5.41) is 0.910. The molecule has 3 rings (SSSR count). The van der Waals surface area contributed by atoms with Crippen LogP contribution in [-0.4, -0.2) is 29.2 Å². The van der Waals surface area contributed by atoms with Gasteiger partial charge >= 0.3 is 23.9 Å². The number of rotatable bonds is 14. The van der Waals surface area contributed by atoms with Crippen molar-refractivity contribution in [2.24, 2.45) is 0 Å². The molecule has 9 heteroatoms. The SMILES string of the molecule is CCCCC(=O)Oc1ccc(C(=O)Oc2ccc(OC(=O)c3ccc(OC(=O)CCCCCBr)cc3)c(C)c2)cc1. The van der Waals surface area contributed by atoms with Crippen molar-refractivity contribution in [2.45, 2.75) is 58.8 Å². The molecular weight excluding hydrogens is 592 g/mol. The summed E-state index contributed by atoms with van der Waals surface area (Å²) >= 11 is 3.36. The van der Waals surface area contributed by atoms with Gasteiger partial charge in [0.15, 0.2) is 0 Å². The third-order valence-electron chi connectivity index (χ3n) is 5.95. The van der Waals surface area contributed by atoms with Gasteiger partial charge in [0, 0.05) is 18.2 Å². The average molecular weight is 626 g/mol. The molecule has 0 N–H and O–H groups in total. The van der Waals surface area contributed by atoms with E-state index in [0.717, 1.165) is 37.4 Å². The first-order valence-electron chi connectivity index (χ1n) is 13.5. The Morgan fingerprint density at radius 1 is 0.610 bits per heavy atom. The highest BCUT2D eigenvalue weighted by atomic mass is 79.9. The van der Waals surface area contributed by atoms with Crippen molar-refractivity contribution in [3.05, 3.63) is 83.4 Å². The predicted octanol–water partition coefficient (Wildman–Crippen LogP) is 7.39. The lowest BCUT2D eigenvalue weighted by molar-refractivity contribution is -0.135. The number of unbranched alkanes of at least 4 members (excludes halogenated alkanes) is 3. The van der Waals surface area contributed by atoms with Crippen LogP contribution in [-0.2, 0) is 9.59 Å². The lowest BCUT2D eigenvalue weighted by atomic mass is 10.2. The molecule has 0 aliphatic rings. The Kier molecular flexibility index (Phi) is 12.6. The van der Waals surface area contributed by atoms with Crippen molar-refractivity contribution in [1.29, 1.82) is 0 Å². The molecule has 0 unspecified atom stereocenters. The topological polar surface area (TPSA) is 105 Å². The number of halogens is 1. The van der Waals surface area contributed by atoms with Gasteiger partial charge in [0.05, 0.1) is 11.1 Å². The van der Waals surface area contributed by atoms with Crippen molar-refractivity contribution in [1.82, 2.24) is 0 Å². The monoisotopic (exact) mass is 624 g/mol. The summed E-state index contributed by atoms with van der Waals surface area (Å²) in [7, 11) is 0. The zero-order valence-corrected chi connectivity index (χ0v) is 24.7. The summed E-state index contributed by atoms with van der Waals surface area (Å²) in [6.07, 6.45) is 5.04. The van der Waals surface area contributed by atoms with Gasteiger partial charge in [-0.25, -0.2) is 9.59 Å². The van der Waals surface area contributed by atoms with E-state index in [9.17, 15) is 19.2 Å². The summed E-state index contributed by atoms with van der Waals surface area (Å²) in [6.45, 7) is 3.72. The smallest absolute Gasteiger partial charge is 0.343 e. The molecule has 0 heterocycles. The van der Waals surface area contributed by atoms with Crippen molar-refractivity contribution < 1.29 is 38.1 Å². The second-order valence-electron chi connectivity index (χ2n) is 9.31. The van der Waals surface area contributed by atoms with Crippen LogP contribution in [0.3, 0.4) is 0 Å². The van der Waals surface area contributed by atoms with Gasteiger partial charge < -0.3 is 18.9 Å². The quantitative estimate of drug-likeness (QED) is 0.0791. The molecule has 3 aromatic rings. The van der Waals surface area contributed by atoms with Crippen LogP contribution in [0.1, 0.15) is 78.1 Å². The van der Waals surface area contributed by atoms with Crippen molar-refractivity contribution in [2.75, 3.05) is 5.33 Å². The molecule has 0 aliphatic carbocycles. The lowest BCUT2D eigenvalue weighted by Crippen LogP contribution is -2.11. The molecular formula is C32H33BrO8. The minimum Gasteiger partial charge on any atom is -0.427 e. The van der Waals surface area contributed by atoms with E-state index >= 15 is 0 Å². The lowest BCUT2D eigenvalue weighted by Gasteiger charge is -2.11. The second kappa shape index (κ2) is 16.3. The number of benzene rings is 3. The maximum atomic E-state index is 12.6.